The summed E-state index contributed by atoms with van der Waals surface area (Å²) in [5.74, 6) is 0.585. The van der Waals surface area contributed by atoms with Crippen molar-refractivity contribution in [3.8, 4) is 5.75 Å². The first-order valence-electron chi connectivity index (χ1n) is 15.4. The molecular weight excluding hydrogens is 588 g/mol. The Morgan fingerprint density at radius 2 is 1.93 bits per heavy atom. The summed E-state index contributed by atoms with van der Waals surface area (Å²) in [5, 5.41) is 0.00372. The predicted octanol–water partition coefficient (Wildman–Crippen LogP) is 5.53. The Hall–Kier alpha value is -2.59. The van der Waals surface area contributed by atoms with Crippen LogP contribution in [0.15, 0.2) is 48.6 Å². The summed E-state index contributed by atoms with van der Waals surface area (Å²) in [5.41, 5.74) is 3.39. The van der Waals surface area contributed by atoms with E-state index in [9.17, 15) is 13.2 Å². The van der Waals surface area contributed by atoms with Crippen molar-refractivity contribution in [2.75, 3.05) is 38.3 Å². The molecule has 1 saturated heterocycles. The minimum Gasteiger partial charge on any atom is -0.487 e. The smallest absolute Gasteiger partial charge is 0.264 e. The highest BCUT2D eigenvalue weighted by Gasteiger charge is 2.39. The highest BCUT2D eigenvalue weighted by atomic mass is 35.5. The first-order valence-corrected chi connectivity index (χ1v) is 17.4. The molecule has 2 bridgehead atoms. The number of ether oxygens (including phenoxy) is 3. The number of sulfonamides is 1. The molecular formula is C33H41ClN2O6S. The van der Waals surface area contributed by atoms with Gasteiger partial charge in [0.25, 0.3) is 5.91 Å². The van der Waals surface area contributed by atoms with Crippen LogP contribution in [-0.2, 0) is 32.5 Å². The van der Waals surface area contributed by atoms with E-state index in [0.717, 1.165) is 61.5 Å². The number of hydrogen-bond donors (Lipinski definition) is 1. The molecule has 1 N–H and O–H groups in total. The van der Waals surface area contributed by atoms with E-state index in [1.165, 1.54) is 5.56 Å². The van der Waals surface area contributed by atoms with Crippen molar-refractivity contribution in [1.82, 2.24) is 4.72 Å². The number of carbonyl (C=O) groups excluding carboxylic acids is 1. The lowest BCUT2D eigenvalue weighted by Crippen LogP contribution is -2.46. The molecule has 0 unspecified atom stereocenters. The minimum absolute atomic E-state index is 0.0452. The zero-order chi connectivity index (χ0) is 30.0. The highest BCUT2D eigenvalue weighted by Crippen LogP contribution is 2.42. The van der Waals surface area contributed by atoms with Gasteiger partial charge in [0.1, 0.15) is 12.4 Å². The molecule has 43 heavy (non-hydrogen) atoms. The van der Waals surface area contributed by atoms with Gasteiger partial charge in [0.2, 0.25) is 10.0 Å². The highest BCUT2D eigenvalue weighted by molar-refractivity contribution is 7.90. The molecule has 0 aromatic heterocycles. The van der Waals surface area contributed by atoms with Crippen LogP contribution < -0.4 is 14.4 Å². The lowest BCUT2D eigenvalue weighted by Gasteiger charge is -2.43. The zero-order valence-corrected chi connectivity index (χ0v) is 26.2. The number of anilines is 1. The molecule has 2 aromatic rings. The maximum atomic E-state index is 13.5. The predicted molar refractivity (Wildman–Crippen MR) is 167 cm³/mol. The second-order valence-corrected chi connectivity index (χ2v) is 14.6. The average molecular weight is 629 g/mol. The third-order valence-electron chi connectivity index (χ3n) is 9.67. The number of nitrogens with one attached hydrogen (secondary N) is 1. The van der Waals surface area contributed by atoms with E-state index >= 15 is 0 Å². The molecule has 232 valence electrons. The number of amides is 1. The van der Waals surface area contributed by atoms with E-state index < -0.39 is 21.2 Å². The van der Waals surface area contributed by atoms with Crippen LogP contribution in [-0.4, -0.2) is 59.1 Å². The van der Waals surface area contributed by atoms with E-state index in [4.69, 9.17) is 25.8 Å². The van der Waals surface area contributed by atoms with Crippen LogP contribution in [0, 0.1) is 17.8 Å². The molecule has 0 spiro atoms. The molecule has 1 aliphatic carbocycles. The molecule has 3 aliphatic heterocycles. The largest absolute Gasteiger partial charge is 0.487 e. The van der Waals surface area contributed by atoms with Crippen LogP contribution in [0.3, 0.4) is 0 Å². The van der Waals surface area contributed by atoms with Gasteiger partial charge >= 0.3 is 0 Å². The number of benzene rings is 2. The summed E-state index contributed by atoms with van der Waals surface area (Å²) in [6.07, 6.45) is 10.0. The normalized spacial score (nSPS) is 30.1. The first-order chi connectivity index (χ1) is 20.8. The molecule has 4 aliphatic rings. The number of aryl methyl sites for hydroxylation is 1. The lowest BCUT2D eigenvalue weighted by atomic mass is 9.70. The second kappa shape index (κ2) is 13.2. The monoisotopic (exact) mass is 628 g/mol. The Labute approximate surface area is 259 Å². The Morgan fingerprint density at radius 1 is 1.05 bits per heavy atom. The summed E-state index contributed by atoms with van der Waals surface area (Å²) < 4.78 is 47.5. The molecule has 10 heteroatoms. The molecule has 1 amide bonds. The van der Waals surface area contributed by atoms with Gasteiger partial charge in [-0.05, 0) is 98.2 Å². The van der Waals surface area contributed by atoms with Crippen molar-refractivity contribution in [2.24, 2.45) is 17.8 Å². The van der Waals surface area contributed by atoms with Crippen molar-refractivity contribution < 1.29 is 27.4 Å². The number of nitrogens with zero attached hydrogens (tertiary/aromatic N) is 1. The van der Waals surface area contributed by atoms with Crippen molar-refractivity contribution in [1.29, 1.82) is 0 Å². The van der Waals surface area contributed by atoms with Crippen LogP contribution in [0.2, 0.25) is 5.02 Å². The van der Waals surface area contributed by atoms with Crippen molar-refractivity contribution >= 4 is 33.2 Å². The fourth-order valence-electron chi connectivity index (χ4n) is 7.07. The van der Waals surface area contributed by atoms with Crippen LogP contribution in [0.25, 0.3) is 0 Å². The number of methoxy groups -OCH3 is 1. The molecule has 3 heterocycles. The SMILES string of the molecule is CO[C@H]1/C=C/C[C@H]2COCC[C@@H]2S(=O)(=O)NC(=O)c2ccc3c(c2)N(CCCCc2cc(Cl)ccc2CO3)C[C@@H]2CC[C@H]21. The van der Waals surface area contributed by atoms with E-state index in [2.05, 4.69) is 15.7 Å². The molecule has 2 aromatic carbocycles. The molecule has 0 radical (unpaired) electrons. The first kappa shape index (κ1) is 30.4. The van der Waals surface area contributed by atoms with Gasteiger partial charge in [0.05, 0.1) is 23.6 Å². The van der Waals surface area contributed by atoms with Gasteiger partial charge in [0.15, 0.2) is 0 Å². The number of hydrogen-bond acceptors (Lipinski definition) is 7. The van der Waals surface area contributed by atoms with Crippen LogP contribution >= 0.6 is 11.6 Å². The van der Waals surface area contributed by atoms with E-state index in [0.29, 0.717) is 55.8 Å². The number of carbonyl (C=O) groups is 1. The third-order valence-corrected chi connectivity index (χ3v) is 11.8. The van der Waals surface area contributed by atoms with Gasteiger partial charge in [0, 0.05) is 43.3 Å². The molecule has 8 nitrogen and oxygen atoms in total. The third kappa shape index (κ3) is 6.75. The summed E-state index contributed by atoms with van der Waals surface area (Å²) in [4.78, 5) is 15.8. The second-order valence-electron chi connectivity index (χ2n) is 12.3. The summed E-state index contributed by atoms with van der Waals surface area (Å²) in [7, 11) is -2.18. The molecule has 6 rings (SSSR count). The van der Waals surface area contributed by atoms with Gasteiger partial charge in [-0.15, -0.1) is 0 Å². The van der Waals surface area contributed by atoms with E-state index in [1.807, 2.05) is 24.3 Å². The maximum absolute atomic E-state index is 13.5. The van der Waals surface area contributed by atoms with Gasteiger partial charge in [-0.1, -0.05) is 29.8 Å². The van der Waals surface area contributed by atoms with Gasteiger partial charge in [-0.2, -0.15) is 0 Å². The number of fused-ring (bicyclic) bond motifs is 4. The Kier molecular flexibility index (Phi) is 9.33. The van der Waals surface area contributed by atoms with Gasteiger partial charge < -0.3 is 19.1 Å². The standard InChI is InChI=1S/C33H41ClN2O6S/c1-40-30-7-4-6-26-20-41-16-14-32(26)43(38,39)35-33(37)23-10-13-31-29(18-23)36(19-24-9-12-28(24)30)15-3-2-5-22-17-27(34)11-8-25(22)21-42-31/h4,7-8,10-11,13,17-18,24,26,28,30,32H,2-3,5-6,9,12,14-16,19-21H2,1H3,(H,35,37)/b7-4+/t24-,26-,28+,30-,32-/m0/s1. The maximum Gasteiger partial charge on any atom is 0.264 e. The Bertz CT molecular complexity index is 1460. The quantitative estimate of drug-likeness (QED) is 0.415. The van der Waals surface area contributed by atoms with Gasteiger partial charge in [-0.3, -0.25) is 4.79 Å². The van der Waals surface area contributed by atoms with Crippen molar-refractivity contribution in [2.45, 2.75) is 62.9 Å². The average Bonchev–Trinajstić information content (AvgIpc) is 3.01. The van der Waals surface area contributed by atoms with E-state index in [-0.39, 0.29) is 12.0 Å². The molecule has 5 atom stereocenters. The fraction of sp³-hybridized carbons (Fsp3) is 0.545. The Morgan fingerprint density at radius 3 is 2.74 bits per heavy atom. The van der Waals surface area contributed by atoms with Crippen molar-refractivity contribution in [3.63, 3.8) is 0 Å². The van der Waals surface area contributed by atoms with Crippen LogP contribution in [0.4, 0.5) is 5.69 Å². The minimum atomic E-state index is -3.94. The zero-order valence-electron chi connectivity index (χ0n) is 24.7. The Balaban J connectivity index is 1.38. The fourth-order valence-corrected chi connectivity index (χ4v) is 8.89. The van der Waals surface area contributed by atoms with Crippen molar-refractivity contribution in [3.05, 3.63) is 70.3 Å². The van der Waals surface area contributed by atoms with Crippen LogP contribution in [0.5, 0.6) is 5.75 Å². The lowest BCUT2D eigenvalue weighted by molar-refractivity contribution is 0.0132. The van der Waals surface area contributed by atoms with Gasteiger partial charge in [-0.25, -0.2) is 13.1 Å². The topological polar surface area (TPSA) is 94.2 Å². The van der Waals surface area contributed by atoms with E-state index in [1.54, 1.807) is 25.3 Å². The summed E-state index contributed by atoms with van der Waals surface area (Å²) >= 11 is 6.33. The number of rotatable bonds is 1. The number of halogens is 1. The summed E-state index contributed by atoms with van der Waals surface area (Å²) in [6.45, 7) is 2.66. The molecule has 2 fully saturated rings. The number of allylic oxidation sites excluding steroid dienone is 1. The summed E-state index contributed by atoms with van der Waals surface area (Å²) in [6, 6.07) is 11.2. The van der Waals surface area contributed by atoms with Crippen LogP contribution in [0.1, 0.15) is 60.0 Å². The molecule has 1 saturated carbocycles.